The molecule has 0 aliphatic carbocycles. The molecule has 0 N–H and O–H groups in total. The summed E-state index contributed by atoms with van der Waals surface area (Å²) in [5.41, 5.74) is 10.1. The Labute approximate surface area is 262 Å². The van der Waals surface area contributed by atoms with Gasteiger partial charge in [0.05, 0.1) is 22.1 Å². The maximum absolute atomic E-state index is 4.99. The van der Waals surface area contributed by atoms with Crippen molar-refractivity contribution in [1.82, 2.24) is 14.1 Å². The van der Waals surface area contributed by atoms with Crippen LogP contribution in [0.5, 0.6) is 0 Å². The summed E-state index contributed by atoms with van der Waals surface area (Å²) in [6.07, 6.45) is 10.1. The van der Waals surface area contributed by atoms with Crippen LogP contribution in [-0.4, -0.2) is 14.1 Å². The van der Waals surface area contributed by atoms with Gasteiger partial charge >= 0.3 is 0 Å². The summed E-state index contributed by atoms with van der Waals surface area (Å²) < 4.78 is 4.71. The number of para-hydroxylation sites is 2. The first-order valence-electron chi connectivity index (χ1n) is 15.3. The van der Waals surface area contributed by atoms with Crippen molar-refractivity contribution in [2.75, 3.05) is 0 Å². The first kappa shape index (κ1) is 26.7. The van der Waals surface area contributed by atoms with Crippen molar-refractivity contribution in [1.29, 1.82) is 0 Å². The second-order valence-corrected chi connectivity index (χ2v) is 11.3. The predicted molar refractivity (Wildman–Crippen MR) is 191 cm³/mol. The van der Waals surface area contributed by atoms with Gasteiger partial charge in [0.25, 0.3) is 0 Å². The molecule has 0 amide bonds. The van der Waals surface area contributed by atoms with Crippen LogP contribution >= 0.6 is 0 Å². The largest absolute Gasteiger partial charge is 0.309 e. The molecule has 3 nitrogen and oxygen atoms in total. The molecule has 0 atom stereocenters. The Kier molecular flexibility index (Phi) is 6.50. The van der Waals surface area contributed by atoms with Crippen molar-refractivity contribution in [3.05, 3.63) is 170 Å². The molecule has 3 aromatic heterocycles. The Balaban J connectivity index is 1.37. The molecule has 0 saturated heterocycles. The molecule has 0 saturated carbocycles. The topological polar surface area (TPSA) is 22.8 Å². The summed E-state index contributed by atoms with van der Waals surface area (Å²) in [7, 11) is 0. The van der Waals surface area contributed by atoms with E-state index in [0.29, 0.717) is 0 Å². The molecule has 5 aromatic carbocycles. The number of rotatable bonds is 6. The lowest BCUT2D eigenvalue weighted by atomic mass is 10.1. The lowest BCUT2D eigenvalue weighted by Crippen LogP contribution is -1.97. The number of aromatic nitrogens is 3. The molecule has 8 aromatic rings. The van der Waals surface area contributed by atoms with E-state index in [1.54, 1.807) is 0 Å². The quantitative estimate of drug-likeness (QED) is 0.180. The Bertz CT molecular complexity index is 2420. The summed E-state index contributed by atoms with van der Waals surface area (Å²) in [5, 5.41) is 4.89. The van der Waals surface area contributed by atoms with Crippen LogP contribution < -0.4 is 0 Å². The first-order valence-corrected chi connectivity index (χ1v) is 15.3. The van der Waals surface area contributed by atoms with E-state index in [0.717, 1.165) is 44.8 Å². The zero-order valence-electron chi connectivity index (χ0n) is 25.1. The van der Waals surface area contributed by atoms with Gasteiger partial charge in [0, 0.05) is 39.0 Å². The predicted octanol–water partition coefficient (Wildman–Crippen LogP) is 11.1. The minimum absolute atomic E-state index is 0.900. The molecule has 0 aliphatic heterocycles. The molecule has 3 heterocycles. The van der Waals surface area contributed by atoms with E-state index in [-0.39, 0.29) is 0 Å². The van der Waals surface area contributed by atoms with Gasteiger partial charge in [0.15, 0.2) is 0 Å². The van der Waals surface area contributed by atoms with Gasteiger partial charge in [0.1, 0.15) is 5.82 Å². The highest BCUT2D eigenvalue weighted by Crippen LogP contribution is 2.41. The van der Waals surface area contributed by atoms with Crippen molar-refractivity contribution in [3.8, 4) is 22.6 Å². The average molecular weight is 578 g/mol. The van der Waals surface area contributed by atoms with Crippen molar-refractivity contribution >= 4 is 49.2 Å². The molecule has 0 aliphatic rings. The maximum Gasteiger partial charge on any atom is 0.137 e. The summed E-state index contributed by atoms with van der Waals surface area (Å²) in [5.74, 6) is 0.900. The molecule has 0 spiro atoms. The number of hydrogen-bond acceptors (Lipinski definition) is 1. The monoisotopic (exact) mass is 577 g/mol. The Morgan fingerprint density at radius 3 is 2.04 bits per heavy atom. The van der Waals surface area contributed by atoms with Crippen LogP contribution in [0.4, 0.5) is 0 Å². The summed E-state index contributed by atoms with van der Waals surface area (Å²) in [6, 6.07) is 45.3. The van der Waals surface area contributed by atoms with E-state index < -0.39 is 0 Å². The lowest BCUT2D eigenvalue weighted by molar-refractivity contribution is 1.08. The highest BCUT2D eigenvalue weighted by molar-refractivity contribution is 6.26. The highest BCUT2D eigenvalue weighted by atomic mass is 15.1. The van der Waals surface area contributed by atoms with E-state index >= 15 is 0 Å². The molecule has 0 radical (unpaired) electrons. The van der Waals surface area contributed by atoms with Gasteiger partial charge in [0.2, 0.25) is 0 Å². The zero-order valence-corrected chi connectivity index (χ0v) is 25.1. The van der Waals surface area contributed by atoms with Crippen LogP contribution in [-0.2, 0) is 0 Å². The average Bonchev–Trinajstić information content (AvgIpc) is 3.62. The van der Waals surface area contributed by atoms with Gasteiger partial charge in [-0.1, -0.05) is 116 Å². The van der Waals surface area contributed by atoms with Gasteiger partial charge in [-0.15, -0.1) is 0 Å². The van der Waals surface area contributed by atoms with Crippen LogP contribution in [0.15, 0.2) is 164 Å². The lowest BCUT2D eigenvalue weighted by Gasteiger charge is -2.11. The minimum Gasteiger partial charge on any atom is -0.309 e. The fraction of sp³-hybridized carbons (Fsp3) is 0.0238. The van der Waals surface area contributed by atoms with Crippen LogP contribution in [0.1, 0.15) is 12.5 Å². The van der Waals surface area contributed by atoms with E-state index in [1.807, 2.05) is 43.5 Å². The van der Waals surface area contributed by atoms with Crippen LogP contribution in [0.25, 0.3) is 71.8 Å². The van der Waals surface area contributed by atoms with E-state index in [4.69, 9.17) is 4.98 Å². The first-order chi connectivity index (χ1) is 22.2. The number of hydrogen-bond donors (Lipinski definition) is 0. The van der Waals surface area contributed by atoms with E-state index in [1.165, 1.54) is 32.6 Å². The maximum atomic E-state index is 4.99. The van der Waals surface area contributed by atoms with Crippen molar-refractivity contribution in [2.24, 2.45) is 0 Å². The van der Waals surface area contributed by atoms with Gasteiger partial charge in [-0.05, 0) is 66.1 Å². The van der Waals surface area contributed by atoms with Crippen molar-refractivity contribution < 1.29 is 0 Å². The second-order valence-electron chi connectivity index (χ2n) is 11.3. The number of benzene rings is 5. The Morgan fingerprint density at radius 1 is 0.600 bits per heavy atom. The smallest absolute Gasteiger partial charge is 0.137 e. The molecular formula is C42H31N3. The number of nitrogens with zero attached hydrogens (tertiary/aromatic N) is 3. The van der Waals surface area contributed by atoms with E-state index in [2.05, 4.69) is 137 Å². The second kappa shape index (κ2) is 11.0. The van der Waals surface area contributed by atoms with E-state index in [9.17, 15) is 0 Å². The fourth-order valence-electron chi connectivity index (χ4n) is 6.55. The third-order valence-corrected chi connectivity index (χ3v) is 8.65. The summed E-state index contributed by atoms with van der Waals surface area (Å²) >= 11 is 0. The molecule has 45 heavy (non-hydrogen) atoms. The van der Waals surface area contributed by atoms with Crippen molar-refractivity contribution in [3.63, 3.8) is 0 Å². The molecule has 214 valence electrons. The SMILES string of the molecule is C=C(/C=C\C=C/C)c1ccc(-n2c3ccccc3c3ccc4c(c5ccccc5n4-c4ccc(-c5ccccc5)cn4)c32)cc1. The molecular weight excluding hydrogens is 546 g/mol. The minimum atomic E-state index is 0.900. The van der Waals surface area contributed by atoms with Crippen molar-refractivity contribution in [2.45, 2.75) is 6.92 Å². The molecule has 0 bridgehead atoms. The third-order valence-electron chi connectivity index (χ3n) is 8.65. The Hall–Kier alpha value is -5.93. The highest BCUT2D eigenvalue weighted by Gasteiger charge is 2.21. The number of pyridine rings is 1. The standard InChI is InChI=1S/C42H31N3/c1-3-4-6-13-29(2)30-20-23-33(24-21-30)44-37-18-11-9-16-34(37)35-25-26-39-41(42(35)44)36-17-10-12-19-38(36)45(39)40-27-22-32(28-43-40)31-14-7-5-8-15-31/h3-28H,2H2,1H3/b4-3-,13-6-. The van der Waals surface area contributed by atoms with Gasteiger partial charge < -0.3 is 4.57 Å². The molecule has 0 fully saturated rings. The Morgan fingerprint density at radius 2 is 1.31 bits per heavy atom. The van der Waals surface area contributed by atoms with Gasteiger partial charge in [-0.2, -0.15) is 0 Å². The summed E-state index contributed by atoms with van der Waals surface area (Å²) in [4.78, 5) is 4.99. The molecule has 3 heteroatoms. The van der Waals surface area contributed by atoms with Gasteiger partial charge in [-0.25, -0.2) is 4.98 Å². The van der Waals surface area contributed by atoms with Crippen LogP contribution in [0, 0.1) is 0 Å². The third kappa shape index (κ3) is 4.40. The fourth-order valence-corrected chi connectivity index (χ4v) is 6.55. The summed E-state index contributed by atoms with van der Waals surface area (Å²) in [6.45, 7) is 6.30. The molecule has 0 unspecified atom stereocenters. The normalized spacial score (nSPS) is 12.0. The van der Waals surface area contributed by atoms with Crippen LogP contribution in [0.2, 0.25) is 0 Å². The molecule has 8 rings (SSSR count). The number of fused-ring (bicyclic) bond motifs is 7. The van der Waals surface area contributed by atoms with Crippen LogP contribution in [0.3, 0.4) is 0 Å². The zero-order chi connectivity index (χ0) is 30.3. The van der Waals surface area contributed by atoms with Gasteiger partial charge in [-0.3, -0.25) is 4.57 Å². The number of allylic oxidation sites excluding steroid dienone is 5.